The van der Waals surface area contributed by atoms with Crippen LogP contribution in [0.1, 0.15) is 23.6 Å². The molecule has 0 aliphatic carbocycles. The van der Waals surface area contributed by atoms with E-state index in [1.54, 1.807) is 25.1 Å². The van der Waals surface area contributed by atoms with Gasteiger partial charge in [-0.05, 0) is 25.5 Å². The van der Waals surface area contributed by atoms with Gasteiger partial charge >= 0.3 is 0 Å². The number of hydrogen-bond acceptors (Lipinski definition) is 3. The minimum atomic E-state index is -0.679. The smallest absolute Gasteiger partial charge is 0.242 e. The van der Waals surface area contributed by atoms with Crippen LogP contribution < -0.4 is 5.32 Å². The van der Waals surface area contributed by atoms with E-state index in [2.05, 4.69) is 5.32 Å². The molecule has 2 rings (SSSR count). The summed E-state index contributed by atoms with van der Waals surface area (Å²) in [6, 6.07) is 13.8. The first-order valence-corrected chi connectivity index (χ1v) is 9.95. The molecule has 2 aromatic carbocycles. The van der Waals surface area contributed by atoms with Gasteiger partial charge in [0.25, 0.3) is 0 Å². The van der Waals surface area contributed by atoms with Crippen LogP contribution in [0.4, 0.5) is 4.39 Å². The Morgan fingerprint density at radius 2 is 1.81 bits per heavy atom. The number of benzene rings is 2. The van der Waals surface area contributed by atoms with Gasteiger partial charge in [-0.25, -0.2) is 4.39 Å². The number of nitrogens with zero attached hydrogens (tertiary/aromatic N) is 1. The monoisotopic (exact) mass is 388 g/mol. The number of thioether (sulfide) groups is 1. The Morgan fingerprint density at radius 3 is 2.44 bits per heavy atom. The van der Waals surface area contributed by atoms with Gasteiger partial charge in [0.1, 0.15) is 11.9 Å². The SMILES string of the molecule is CNC(=O)[C@@H](C)N(Cc1ccccc1F)C(=O)CSCc1ccc(C)cc1. The zero-order valence-corrected chi connectivity index (χ0v) is 16.7. The number of nitrogens with one attached hydrogen (secondary N) is 1. The molecule has 0 aliphatic heterocycles. The molecule has 6 heteroatoms. The first kappa shape index (κ1) is 21.0. The van der Waals surface area contributed by atoms with Crippen molar-refractivity contribution >= 4 is 23.6 Å². The third-order valence-electron chi connectivity index (χ3n) is 4.33. The Morgan fingerprint density at radius 1 is 1.15 bits per heavy atom. The molecular weight excluding hydrogens is 363 g/mol. The van der Waals surface area contributed by atoms with Gasteiger partial charge in [-0.15, -0.1) is 11.8 Å². The number of carbonyl (C=O) groups is 2. The zero-order valence-electron chi connectivity index (χ0n) is 15.9. The zero-order chi connectivity index (χ0) is 19.8. The highest BCUT2D eigenvalue weighted by molar-refractivity contribution is 7.99. The highest BCUT2D eigenvalue weighted by Gasteiger charge is 2.26. The molecular formula is C21H25FN2O2S. The Bertz CT molecular complexity index is 780. The lowest BCUT2D eigenvalue weighted by Gasteiger charge is -2.28. The number of likely N-dealkylation sites (N-methyl/N-ethyl adjacent to an activating group) is 1. The molecule has 0 heterocycles. The number of hydrogen-bond donors (Lipinski definition) is 1. The van der Waals surface area contributed by atoms with Crippen molar-refractivity contribution in [2.24, 2.45) is 0 Å². The van der Waals surface area contributed by atoms with Crippen LogP contribution in [0.25, 0.3) is 0 Å². The number of rotatable bonds is 8. The summed E-state index contributed by atoms with van der Waals surface area (Å²) >= 11 is 1.48. The molecule has 0 fully saturated rings. The lowest BCUT2D eigenvalue weighted by Crippen LogP contribution is -2.47. The lowest BCUT2D eigenvalue weighted by atomic mass is 10.1. The Labute approximate surface area is 164 Å². The summed E-state index contributed by atoms with van der Waals surface area (Å²) in [6.45, 7) is 3.74. The molecule has 0 aromatic heterocycles. The molecule has 27 heavy (non-hydrogen) atoms. The second kappa shape index (κ2) is 10.1. The van der Waals surface area contributed by atoms with Crippen molar-refractivity contribution in [3.8, 4) is 0 Å². The normalized spacial score (nSPS) is 11.7. The van der Waals surface area contributed by atoms with Crippen LogP contribution in [0.15, 0.2) is 48.5 Å². The van der Waals surface area contributed by atoms with Gasteiger partial charge in [0.05, 0.1) is 5.75 Å². The van der Waals surface area contributed by atoms with Crippen LogP contribution in [0.5, 0.6) is 0 Å². The maximum Gasteiger partial charge on any atom is 0.242 e. The van der Waals surface area contributed by atoms with Crippen LogP contribution >= 0.6 is 11.8 Å². The van der Waals surface area contributed by atoms with Crippen molar-refractivity contribution in [3.05, 3.63) is 71.0 Å². The van der Waals surface area contributed by atoms with Crippen molar-refractivity contribution < 1.29 is 14.0 Å². The standard InChI is InChI=1S/C21H25FN2O2S/c1-15-8-10-17(11-9-15)13-27-14-20(25)24(16(2)21(26)23-3)12-18-6-4-5-7-19(18)22/h4-11,16H,12-14H2,1-3H3,(H,23,26)/t16-/m1/s1. The van der Waals surface area contributed by atoms with Crippen molar-refractivity contribution in [2.75, 3.05) is 12.8 Å². The van der Waals surface area contributed by atoms with Gasteiger partial charge in [0, 0.05) is 24.9 Å². The highest BCUT2D eigenvalue weighted by Crippen LogP contribution is 2.17. The maximum atomic E-state index is 14.0. The molecule has 0 saturated heterocycles. The molecule has 0 unspecified atom stereocenters. The summed E-state index contributed by atoms with van der Waals surface area (Å²) in [5, 5.41) is 2.55. The van der Waals surface area contributed by atoms with E-state index < -0.39 is 6.04 Å². The van der Waals surface area contributed by atoms with Crippen molar-refractivity contribution in [1.29, 1.82) is 0 Å². The van der Waals surface area contributed by atoms with E-state index in [0.29, 0.717) is 11.3 Å². The Kier molecular flexibility index (Phi) is 7.85. The third kappa shape index (κ3) is 6.10. The van der Waals surface area contributed by atoms with E-state index in [1.807, 2.05) is 31.2 Å². The van der Waals surface area contributed by atoms with Crippen molar-refractivity contribution in [1.82, 2.24) is 10.2 Å². The van der Waals surface area contributed by atoms with Crippen LogP contribution in [-0.2, 0) is 21.9 Å². The molecule has 2 aromatic rings. The molecule has 0 aliphatic rings. The first-order valence-electron chi connectivity index (χ1n) is 8.80. The maximum absolute atomic E-state index is 14.0. The molecule has 4 nitrogen and oxygen atoms in total. The summed E-state index contributed by atoms with van der Waals surface area (Å²) in [4.78, 5) is 26.3. The Balaban J connectivity index is 2.04. The van der Waals surface area contributed by atoms with Gasteiger partial charge in [-0.2, -0.15) is 0 Å². The second-order valence-corrected chi connectivity index (χ2v) is 7.37. The fraction of sp³-hybridized carbons (Fsp3) is 0.333. The summed E-state index contributed by atoms with van der Waals surface area (Å²) in [7, 11) is 1.52. The molecule has 144 valence electrons. The quantitative estimate of drug-likeness (QED) is 0.753. The number of aryl methyl sites for hydroxylation is 1. The van der Waals surface area contributed by atoms with Crippen LogP contribution in [0.2, 0.25) is 0 Å². The van der Waals surface area contributed by atoms with Crippen molar-refractivity contribution in [2.45, 2.75) is 32.2 Å². The molecule has 1 N–H and O–H groups in total. The molecule has 1 atom stereocenters. The minimum absolute atomic E-state index is 0.0607. The Hall–Kier alpha value is -2.34. The average molecular weight is 389 g/mol. The molecule has 0 saturated carbocycles. The van der Waals surface area contributed by atoms with E-state index in [9.17, 15) is 14.0 Å². The predicted molar refractivity (Wildman–Crippen MR) is 108 cm³/mol. The van der Waals surface area contributed by atoms with Gasteiger partial charge in [0.15, 0.2) is 0 Å². The van der Waals surface area contributed by atoms with E-state index >= 15 is 0 Å². The molecule has 0 spiro atoms. The highest BCUT2D eigenvalue weighted by atomic mass is 32.2. The third-order valence-corrected chi connectivity index (χ3v) is 5.32. The summed E-state index contributed by atoms with van der Waals surface area (Å²) in [5.41, 5.74) is 2.72. The number of carbonyl (C=O) groups excluding carboxylic acids is 2. The fourth-order valence-corrected chi connectivity index (χ4v) is 3.50. The molecule has 0 bridgehead atoms. The van der Waals surface area contributed by atoms with E-state index in [1.165, 1.54) is 35.3 Å². The van der Waals surface area contributed by atoms with Gasteiger partial charge in [-0.1, -0.05) is 48.0 Å². The average Bonchev–Trinajstić information content (AvgIpc) is 2.67. The van der Waals surface area contributed by atoms with Crippen LogP contribution in [0, 0.1) is 12.7 Å². The number of halogens is 1. The van der Waals surface area contributed by atoms with Crippen LogP contribution in [-0.4, -0.2) is 35.6 Å². The molecule has 0 radical (unpaired) electrons. The summed E-state index contributed by atoms with van der Waals surface area (Å²) in [5.74, 6) is 0.0822. The second-order valence-electron chi connectivity index (χ2n) is 6.38. The topological polar surface area (TPSA) is 49.4 Å². The van der Waals surface area contributed by atoms with E-state index in [4.69, 9.17) is 0 Å². The van der Waals surface area contributed by atoms with Crippen LogP contribution in [0.3, 0.4) is 0 Å². The van der Waals surface area contributed by atoms with E-state index in [-0.39, 0.29) is 29.9 Å². The largest absolute Gasteiger partial charge is 0.357 e. The first-order chi connectivity index (χ1) is 12.9. The van der Waals surface area contributed by atoms with Gasteiger partial charge in [-0.3, -0.25) is 9.59 Å². The fourth-order valence-electron chi connectivity index (χ4n) is 2.63. The lowest BCUT2D eigenvalue weighted by molar-refractivity contribution is -0.138. The molecule has 2 amide bonds. The van der Waals surface area contributed by atoms with E-state index in [0.717, 1.165) is 5.56 Å². The minimum Gasteiger partial charge on any atom is -0.357 e. The predicted octanol–water partition coefficient (Wildman–Crippen LogP) is 3.53. The van der Waals surface area contributed by atoms with Crippen molar-refractivity contribution in [3.63, 3.8) is 0 Å². The summed E-state index contributed by atoms with van der Waals surface area (Å²) in [6.07, 6.45) is 0. The number of amides is 2. The summed E-state index contributed by atoms with van der Waals surface area (Å²) < 4.78 is 14.0. The van der Waals surface area contributed by atoms with Gasteiger partial charge in [0.2, 0.25) is 11.8 Å². The van der Waals surface area contributed by atoms with Gasteiger partial charge < -0.3 is 10.2 Å².